The van der Waals surface area contributed by atoms with Crippen LogP contribution >= 0.6 is 12.0 Å². The van der Waals surface area contributed by atoms with Gasteiger partial charge in [-0.25, -0.2) is 0 Å². The van der Waals surface area contributed by atoms with E-state index in [2.05, 4.69) is 10.6 Å². The van der Waals surface area contributed by atoms with Crippen molar-refractivity contribution in [3.63, 3.8) is 0 Å². The van der Waals surface area contributed by atoms with Crippen LogP contribution in [0, 0.1) is 0 Å². The van der Waals surface area contributed by atoms with Crippen molar-refractivity contribution in [2.75, 3.05) is 19.0 Å². The summed E-state index contributed by atoms with van der Waals surface area (Å²) in [5, 5.41) is 6.12. The molecule has 1 aromatic carbocycles. The fourth-order valence-corrected chi connectivity index (χ4v) is 1.08. The molecule has 1 aromatic rings. The van der Waals surface area contributed by atoms with E-state index in [1.807, 2.05) is 31.3 Å². The van der Waals surface area contributed by atoms with Gasteiger partial charge >= 0.3 is 0 Å². The van der Waals surface area contributed by atoms with Crippen molar-refractivity contribution in [1.82, 2.24) is 5.32 Å². The minimum Gasteiger partial charge on any atom is -0.372 e. The average Bonchev–Trinajstić information content (AvgIpc) is 2.15. The second-order valence-electron chi connectivity index (χ2n) is 2.32. The average molecular weight is 184 g/mol. The first-order chi connectivity index (χ1) is 5.86. The van der Waals surface area contributed by atoms with E-state index in [0.29, 0.717) is 0 Å². The maximum atomic E-state index is 8.69. The lowest BCUT2D eigenvalue weighted by Crippen LogP contribution is -2.16. The molecule has 0 atom stereocenters. The van der Waals surface area contributed by atoms with Crippen LogP contribution in [-0.2, 0) is 0 Å². The van der Waals surface area contributed by atoms with Crippen LogP contribution in [0.1, 0.15) is 0 Å². The smallest absolute Gasteiger partial charge is 0.0650 e. The summed E-state index contributed by atoms with van der Waals surface area (Å²) < 4.78 is 8.69. The van der Waals surface area contributed by atoms with Gasteiger partial charge < -0.3 is 15.2 Å². The quantitative estimate of drug-likeness (QED) is 0.493. The number of rotatable bonds is 4. The van der Waals surface area contributed by atoms with Crippen molar-refractivity contribution in [1.29, 1.82) is 0 Å². The molecule has 0 unspecified atom stereocenters. The van der Waals surface area contributed by atoms with Crippen molar-refractivity contribution < 1.29 is 4.55 Å². The largest absolute Gasteiger partial charge is 0.372 e. The van der Waals surface area contributed by atoms with Crippen molar-refractivity contribution >= 4 is 17.7 Å². The van der Waals surface area contributed by atoms with Gasteiger partial charge in [-0.15, -0.1) is 0 Å². The normalized spacial score (nSPS) is 9.83. The molecule has 0 saturated heterocycles. The highest BCUT2D eigenvalue weighted by molar-refractivity contribution is 7.93. The molecule has 1 rings (SSSR count). The Hall–Kier alpha value is -0.710. The highest BCUT2D eigenvalue weighted by Crippen LogP contribution is 2.16. The maximum Gasteiger partial charge on any atom is 0.0650 e. The molecular weight excluding hydrogens is 172 g/mol. The summed E-state index contributed by atoms with van der Waals surface area (Å²) in [6.07, 6.45) is 0. The van der Waals surface area contributed by atoms with Crippen LogP contribution in [0.5, 0.6) is 0 Å². The van der Waals surface area contributed by atoms with Gasteiger partial charge in [-0.1, -0.05) is 0 Å². The van der Waals surface area contributed by atoms with E-state index in [1.165, 1.54) is 0 Å². The SMILES string of the molecule is CNCNc1ccc(SO)cc1. The predicted octanol–water partition coefficient (Wildman–Crippen LogP) is 1.84. The Morgan fingerprint density at radius 1 is 1.33 bits per heavy atom. The summed E-state index contributed by atoms with van der Waals surface area (Å²) in [4.78, 5) is 0.852. The zero-order valence-electron chi connectivity index (χ0n) is 6.87. The van der Waals surface area contributed by atoms with E-state index in [-0.39, 0.29) is 0 Å². The van der Waals surface area contributed by atoms with Gasteiger partial charge in [0.15, 0.2) is 0 Å². The number of nitrogens with one attached hydrogen (secondary N) is 2. The van der Waals surface area contributed by atoms with Gasteiger partial charge in [0.25, 0.3) is 0 Å². The van der Waals surface area contributed by atoms with Gasteiger partial charge in [-0.05, 0) is 31.3 Å². The van der Waals surface area contributed by atoms with Gasteiger partial charge in [0.2, 0.25) is 0 Å². The van der Waals surface area contributed by atoms with Crippen molar-refractivity contribution in [2.24, 2.45) is 0 Å². The van der Waals surface area contributed by atoms with Gasteiger partial charge in [0, 0.05) is 22.6 Å². The zero-order chi connectivity index (χ0) is 8.81. The monoisotopic (exact) mass is 184 g/mol. The lowest BCUT2D eigenvalue weighted by atomic mass is 10.3. The first-order valence-corrected chi connectivity index (χ1v) is 4.44. The van der Waals surface area contributed by atoms with Gasteiger partial charge in [0.05, 0.1) is 6.67 Å². The lowest BCUT2D eigenvalue weighted by molar-refractivity contribution is 0.664. The topological polar surface area (TPSA) is 44.3 Å². The maximum absolute atomic E-state index is 8.69. The molecule has 4 heteroatoms. The molecule has 0 aliphatic rings. The molecule has 3 nitrogen and oxygen atoms in total. The molecule has 0 saturated carbocycles. The molecule has 0 radical (unpaired) electrons. The highest BCUT2D eigenvalue weighted by Gasteiger charge is 1.91. The predicted molar refractivity (Wildman–Crippen MR) is 52.5 cm³/mol. The Morgan fingerprint density at radius 2 is 2.00 bits per heavy atom. The number of anilines is 1. The summed E-state index contributed by atoms with van der Waals surface area (Å²) in [6, 6.07) is 7.58. The summed E-state index contributed by atoms with van der Waals surface area (Å²) in [7, 11) is 1.88. The van der Waals surface area contributed by atoms with E-state index in [0.717, 1.165) is 29.3 Å². The van der Waals surface area contributed by atoms with E-state index in [1.54, 1.807) is 0 Å². The van der Waals surface area contributed by atoms with Crippen LogP contribution in [0.25, 0.3) is 0 Å². The van der Waals surface area contributed by atoms with Crippen LogP contribution in [0.4, 0.5) is 5.69 Å². The number of hydrogen-bond donors (Lipinski definition) is 3. The summed E-state index contributed by atoms with van der Waals surface area (Å²) in [5.74, 6) is 0. The molecule has 66 valence electrons. The van der Waals surface area contributed by atoms with Crippen molar-refractivity contribution in [3.05, 3.63) is 24.3 Å². The first-order valence-electron chi connectivity index (χ1n) is 3.67. The fraction of sp³-hybridized carbons (Fsp3) is 0.250. The van der Waals surface area contributed by atoms with Gasteiger partial charge in [0.1, 0.15) is 0 Å². The van der Waals surface area contributed by atoms with Crippen LogP contribution < -0.4 is 10.6 Å². The van der Waals surface area contributed by atoms with Crippen LogP contribution in [0.15, 0.2) is 29.2 Å². The van der Waals surface area contributed by atoms with Crippen LogP contribution in [0.2, 0.25) is 0 Å². The Morgan fingerprint density at radius 3 is 2.50 bits per heavy atom. The molecule has 0 fully saturated rings. The summed E-state index contributed by atoms with van der Waals surface area (Å²) >= 11 is 0.758. The Balaban J connectivity index is 2.53. The second kappa shape index (κ2) is 5.03. The standard InChI is InChI=1S/C8H12N2OS/c1-9-6-10-7-2-4-8(12-11)5-3-7/h2-5,9-11H,6H2,1H3. The van der Waals surface area contributed by atoms with Crippen molar-refractivity contribution in [3.8, 4) is 0 Å². The molecule has 0 aromatic heterocycles. The van der Waals surface area contributed by atoms with Crippen molar-refractivity contribution in [2.45, 2.75) is 4.90 Å². The third-order valence-corrected chi connectivity index (χ3v) is 1.91. The highest BCUT2D eigenvalue weighted by atomic mass is 32.2. The molecule has 0 bridgehead atoms. The third kappa shape index (κ3) is 2.73. The van der Waals surface area contributed by atoms with Crippen LogP contribution in [-0.4, -0.2) is 18.3 Å². The van der Waals surface area contributed by atoms with E-state index < -0.39 is 0 Å². The molecule has 0 heterocycles. The molecule has 0 amide bonds. The number of benzene rings is 1. The van der Waals surface area contributed by atoms with E-state index >= 15 is 0 Å². The molecule has 0 aliphatic carbocycles. The fourth-order valence-electron chi connectivity index (χ4n) is 0.824. The molecule has 0 aliphatic heterocycles. The molecule has 0 spiro atoms. The first kappa shape index (κ1) is 9.38. The molecular formula is C8H12N2OS. The molecule has 3 N–H and O–H groups in total. The van der Waals surface area contributed by atoms with E-state index in [4.69, 9.17) is 4.55 Å². The molecule has 12 heavy (non-hydrogen) atoms. The Labute approximate surface area is 76.4 Å². The lowest BCUT2D eigenvalue weighted by Gasteiger charge is -2.04. The van der Waals surface area contributed by atoms with Crippen LogP contribution in [0.3, 0.4) is 0 Å². The summed E-state index contributed by atoms with van der Waals surface area (Å²) in [5.41, 5.74) is 1.04. The number of hydrogen-bond acceptors (Lipinski definition) is 4. The zero-order valence-corrected chi connectivity index (χ0v) is 7.69. The minimum atomic E-state index is 0.742. The summed E-state index contributed by atoms with van der Waals surface area (Å²) in [6.45, 7) is 0.742. The third-order valence-electron chi connectivity index (χ3n) is 1.43. The van der Waals surface area contributed by atoms with E-state index in [9.17, 15) is 0 Å². The Bertz CT molecular complexity index is 225. The van der Waals surface area contributed by atoms with Gasteiger partial charge in [-0.3, -0.25) is 0 Å². The second-order valence-corrected chi connectivity index (χ2v) is 2.98. The van der Waals surface area contributed by atoms with Gasteiger partial charge in [-0.2, -0.15) is 0 Å². The Kier molecular flexibility index (Phi) is 3.93. The minimum absolute atomic E-state index is 0.742.